The molecule has 1 saturated carbocycles. The summed E-state index contributed by atoms with van der Waals surface area (Å²) in [5, 5.41) is 6.29. The van der Waals surface area contributed by atoms with Crippen molar-refractivity contribution in [1.29, 1.82) is 0 Å². The van der Waals surface area contributed by atoms with E-state index in [0.717, 1.165) is 36.9 Å². The minimum atomic E-state index is -0.318. The van der Waals surface area contributed by atoms with Crippen LogP contribution in [0, 0.1) is 12.8 Å². The molecule has 0 heterocycles. The summed E-state index contributed by atoms with van der Waals surface area (Å²) in [6, 6.07) is 7.40. The Bertz CT molecular complexity index is 542. The summed E-state index contributed by atoms with van der Waals surface area (Å²) in [6.45, 7) is 3.98. The first-order valence-corrected chi connectivity index (χ1v) is 8.44. The van der Waals surface area contributed by atoms with E-state index in [-0.39, 0.29) is 29.8 Å². The lowest BCUT2D eigenvalue weighted by Gasteiger charge is -2.32. The van der Waals surface area contributed by atoms with Crippen molar-refractivity contribution >= 4 is 17.5 Å². The van der Waals surface area contributed by atoms with Crippen LogP contribution >= 0.6 is 0 Å². The fourth-order valence-electron chi connectivity index (χ4n) is 3.17. The third-order valence-electron chi connectivity index (χ3n) is 4.59. The van der Waals surface area contributed by atoms with Crippen molar-refractivity contribution in [2.75, 3.05) is 5.32 Å². The molecular weight excluding hydrogens is 290 g/mol. The van der Waals surface area contributed by atoms with Gasteiger partial charge in [-0.05, 0) is 38.3 Å². The number of hydrogen-bond acceptors (Lipinski definition) is 3. The summed E-state index contributed by atoms with van der Waals surface area (Å²) in [6.07, 6.45) is 4.46. The van der Waals surface area contributed by atoms with Crippen LogP contribution < -0.4 is 16.4 Å². The zero-order chi connectivity index (χ0) is 16.8. The molecule has 126 valence electrons. The van der Waals surface area contributed by atoms with E-state index < -0.39 is 0 Å². The summed E-state index contributed by atoms with van der Waals surface area (Å²) in [5.41, 5.74) is 7.45. The highest BCUT2D eigenvalue weighted by Crippen LogP contribution is 2.25. The normalized spacial score (nSPS) is 22.3. The number of aryl methyl sites for hydroxylation is 1. The van der Waals surface area contributed by atoms with E-state index in [1.165, 1.54) is 0 Å². The average Bonchev–Trinajstić information content (AvgIpc) is 2.54. The number of hydrogen-bond donors (Lipinski definition) is 3. The molecule has 5 heteroatoms. The number of benzene rings is 1. The van der Waals surface area contributed by atoms with Crippen LogP contribution in [-0.2, 0) is 9.59 Å². The van der Waals surface area contributed by atoms with Crippen molar-refractivity contribution in [2.45, 2.75) is 58.0 Å². The summed E-state index contributed by atoms with van der Waals surface area (Å²) in [5.74, 6) is -0.508. The summed E-state index contributed by atoms with van der Waals surface area (Å²) in [7, 11) is 0. The fraction of sp³-hybridized carbons (Fsp3) is 0.556. The van der Waals surface area contributed by atoms with Crippen molar-refractivity contribution < 1.29 is 9.59 Å². The number of nitrogens with one attached hydrogen (secondary N) is 2. The third kappa shape index (κ3) is 4.79. The second-order valence-electron chi connectivity index (χ2n) is 6.38. The number of nitrogens with two attached hydrogens (primary N) is 1. The topological polar surface area (TPSA) is 84.2 Å². The Morgan fingerprint density at radius 2 is 1.87 bits per heavy atom. The molecule has 1 fully saturated rings. The van der Waals surface area contributed by atoms with Gasteiger partial charge >= 0.3 is 0 Å². The largest absolute Gasteiger partial charge is 0.369 e. The van der Waals surface area contributed by atoms with Crippen LogP contribution in [-0.4, -0.2) is 23.9 Å². The molecule has 0 aromatic heterocycles. The van der Waals surface area contributed by atoms with Crippen LogP contribution in [0.25, 0.3) is 0 Å². The van der Waals surface area contributed by atoms with Gasteiger partial charge in [0.25, 0.3) is 0 Å². The monoisotopic (exact) mass is 317 g/mol. The molecule has 1 aromatic carbocycles. The van der Waals surface area contributed by atoms with Crippen molar-refractivity contribution in [3.8, 4) is 0 Å². The van der Waals surface area contributed by atoms with Gasteiger partial charge in [-0.3, -0.25) is 9.59 Å². The SMILES string of the molecule is CCC(NC1CCCCC1C(N)=O)C(=O)Nc1ccc(C)cc1. The molecule has 23 heavy (non-hydrogen) atoms. The quantitative estimate of drug-likeness (QED) is 0.753. The number of carbonyl (C=O) groups is 2. The summed E-state index contributed by atoms with van der Waals surface area (Å²) >= 11 is 0. The van der Waals surface area contributed by atoms with Gasteiger partial charge in [0.15, 0.2) is 0 Å². The highest BCUT2D eigenvalue weighted by atomic mass is 16.2. The van der Waals surface area contributed by atoms with Crippen LogP contribution in [0.3, 0.4) is 0 Å². The number of carbonyl (C=O) groups excluding carboxylic acids is 2. The van der Waals surface area contributed by atoms with E-state index in [2.05, 4.69) is 10.6 Å². The molecule has 0 bridgehead atoms. The molecule has 0 saturated heterocycles. The van der Waals surface area contributed by atoms with Gasteiger partial charge in [-0.15, -0.1) is 0 Å². The molecule has 0 aliphatic heterocycles. The Hall–Kier alpha value is -1.88. The van der Waals surface area contributed by atoms with Gasteiger partial charge in [-0.2, -0.15) is 0 Å². The highest BCUT2D eigenvalue weighted by molar-refractivity contribution is 5.94. The lowest BCUT2D eigenvalue weighted by Crippen LogP contribution is -2.52. The molecule has 0 radical (unpaired) electrons. The molecule has 5 nitrogen and oxygen atoms in total. The van der Waals surface area contributed by atoms with Crippen molar-refractivity contribution in [2.24, 2.45) is 11.7 Å². The number of amides is 2. The predicted molar refractivity (Wildman–Crippen MR) is 92.0 cm³/mol. The van der Waals surface area contributed by atoms with E-state index in [1.807, 2.05) is 38.1 Å². The number of rotatable bonds is 6. The maximum absolute atomic E-state index is 12.5. The zero-order valence-electron chi connectivity index (χ0n) is 14.0. The smallest absolute Gasteiger partial charge is 0.241 e. The second kappa shape index (κ2) is 8.11. The molecule has 3 unspecified atom stereocenters. The number of anilines is 1. The van der Waals surface area contributed by atoms with E-state index in [0.29, 0.717) is 6.42 Å². The molecule has 0 spiro atoms. The van der Waals surface area contributed by atoms with Crippen LogP contribution in [0.2, 0.25) is 0 Å². The first kappa shape index (κ1) is 17.5. The molecule has 2 rings (SSSR count). The fourth-order valence-corrected chi connectivity index (χ4v) is 3.17. The Morgan fingerprint density at radius 3 is 2.48 bits per heavy atom. The number of primary amides is 1. The maximum atomic E-state index is 12.5. The van der Waals surface area contributed by atoms with Crippen molar-refractivity contribution in [3.05, 3.63) is 29.8 Å². The van der Waals surface area contributed by atoms with E-state index in [1.54, 1.807) is 0 Å². The molecule has 3 atom stereocenters. The van der Waals surface area contributed by atoms with Crippen LogP contribution in [0.15, 0.2) is 24.3 Å². The van der Waals surface area contributed by atoms with Gasteiger partial charge in [0.05, 0.1) is 12.0 Å². The van der Waals surface area contributed by atoms with Gasteiger partial charge < -0.3 is 16.4 Å². The molecule has 1 aromatic rings. The van der Waals surface area contributed by atoms with Gasteiger partial charge in [0.1, 0.15) is 0 Å². The van der Waals surface area contributed by atoms with E-state index in [4.69, 9.17) is 5.73 Å². The minimum Gasteiger partial charge on any atom is -0.369 e. The summed E-state index contributed by atoms with van der Waals surface area (Å²) < 4.78 is 0. The Morgan fingerprint density at radius 1 is 1.22 bits per heavy atom. The van der Waals surface area contributed by atoms with Crippen molar-refractivity contribution in [1.82, 2.24) is 5.32 Å². The third-order valence-corrected chi connectivity index (χ3v) is 4.59. The maximum Gasteiger partial charge on any atom is 0.241 e. The summed E-state index contributed by atoms with van der Waals surface area (Å²) in [4.78, 5) is 24.1. The van der Waals surface area contributed by atoms with E-state index in [9.17, 15) is 9.59 Å². The van der Waals surface area contributed by atoms with Gasteiger partial charge in [0.2, 0.25) is 11.8 Å². The molecule has 1 aliphatic rings. The molecule has 2 amide bonds. The Balaban J connectivity index is 1.99. The Kier molecular flexibility index (Phi) is 6.16. The van der Waals surface area contributed by atoms with Crippen LogP contribution in [0.4, 0.5) is 5.69 Å². The lowest BCUT2D eigenvalue weighted by molar-refractivity contribution is -0.125. The van der Waals surface area contributed by atoms with Crippen LogP contribution in [0.1, 0.15) is 44.6 Å². The second-order valence-corrected chi connectivity index (χ2v) is 6.38. The van der Waals surface area contributed by atoms with E-state index >= 15 is 0 Å². The minimum absolute atomic E-state index is 0.00466. The Labute approximate surface area is 138 Å². The highest BCUT2D eigenvalue weighted by Gasteiger charge is 2.32. The molecule has 1 aliphatic carbocycles. The lowest BCUT2D eigenvalue weighted by atomic mass is 9.83. The average molecular weight is 317 g/mol. The molecular formula is C18H27N3O2. The van der Waals surface area contributed by atoms with Crippen LogP contribution in [0.5, 0.6) is 0 Å². The first-order valence-electron chi connectivity index (χ1n) is 8.44. The van der Waals surface area contributed by atoms with Gasteiger partial charge in [-0.25, -0.2) is 0 Å². The first-order chi connectivity index (χ1) is 11.0. The van der Waals surface area contributed by atoms with Gasteiger partial charge in [-0.1, -0.05) is 37.5 Å². The van der Waals surface area contributed by atoms with Crippen molar-refractivity contribution in [3.63, 3.8) is 0 Å². The predicted octanol–water partition coefficient (Wildman–Crippen LogP) is 2.35. The molecule has 4 N–H and O–H groups in total. The standard InChI is InChI=1S/C18H27N3O2/c1-3-15(18(23)20-13-10-8-12(2)9-11-13)21-16-7-5-4-6-14(16)17(19)22/h8-11,14-16,21H,3-7H2,1-2H3,(H2,19,22)(H,20,23). The van der Waals surface area contributed by atoms with Gasteiger partial charge in [0, 0.05) is 11.7 Å². The zero-order valence-corrected chi connectivity index (χ0v) is 14.0.